The number of fused-ring (bicyclic) bond motifs is 1. The van der Waals surface area contributed by atoms with Gasteiger partial charge in [-0.05, 0) is 36.4 Å². The van der Waals surface area contributed by atoms with Crippen LogP contribution in [0.3, 0.4) is 0 Å². The summed E-state index contributed by atoms with van der Waals surface area (Å²) in [6, 6.07) is 12.1. The van der Waals surface area contributed by atoms with Crippen molar-refractivity contribution in [3.05, 3.63) is 53.1 Å². The van der Waals surface area contributed by atoms with Crippen LogP contribution in [0.4, 0.5) is 5.69 Å². The van der Waals surface area contributed by atoms with Crippen LogP contribution in [0.5, 0.6) is 11.5 Å². The fourth-order valence-corrected chi connectivity index (χ4v) is 2.78. The lowest BCUT2D eigenvalue weighted by Crippen LogP contribution is -2.44. The maximum atomic E-state index is 12.6. The Balaban J connectivity index is 2.28. The third-order valence-corrected chi connectivity index (χ3v) is 4.01. The van der Waals surface area contributed by atoms with Crippen molar-refractivity contribution < 1.29 is 14.3 Å². The molecule has 1 amide bonds. The lowest BCUT2D eigenvalue weighted by molar-refractivity contribution is -0.119. The van der Waals surface area contributed by atoms with E-state index in [2.05, 4.69) is 11.4 Å². The van der Waals surface area contributed by atoms with E-state index in [-0.39, 0.29) is 5.91 Å². The van der Waals surface area contributed by atoms with Crippen LogP contribution in [0.1, 0.15) is 16.7 Å². The standard InChI is InChI=1S/C17H15N3O3/c1-22-11-4-6-15(23-2)13(8-11)17(19)12-7-10(9-18)3-5-14(12)20-16(17)21/h3-8H,19H2,1-2H3,(H,20,21)/t17-/m0/s1. The number of nitrogens with two attached hydrogens (primary N) is 1. The SMILES string of the molecule is COc1ccc(OC)c([C@]2(N)C(=O)Nc3ccc(C#N)cc32)c1. The van der Waals surface area contributed by atoms with E-state index in [4.69, 9.17) is 20.5 Å². The van der Waals surface area contributed by atoms with Crippen LogP contribution in [-0.2, 0) is 10.3 Å². The second-order valence-electron chi connectivity index (χ2n) is 5.20. The monoisotopic (exact) mass is 309 g/mol. The minimum atomic E-state index is -1.46. The number of ether oxygens (including phenoxy) is 2. The number of carbonyl (C=O) groups is 1. The van der Waals surface area contributed by atoms with Crippen LogP contribution in [0.25, 0.3) is 0 Å². The molecule has 0 saturated heterocycles. The molecule has 0 bridgehead atoms. The summed E-state index contributed by atoms with van der Waals surface area (Å²) >= 11 is 0. The van der Waals surface area contributed by atoms with Crippen LogP contribution >= 0.6 is 0 Å². The minimum absolute atomic E-state index is 0.380. The highest BCUT2D eigenvalue weighted by atomic mass is 16.5. The average Bonchev–Trinajstić information content (AvgIpc) is 2.85. The van der Waals surface area contributed by atoms with Crippen molar-refractivity contribution in [1.82, 2.24) is 0 Å². The van der Waals surface area contributed by atoms with Gasteiger partial charge in [-0.25, -0.2) is 0 Å². The summed E-state index contributed by atoms with van der Waals surface area (Å²) < 4.78 is 10.6. The molecule has 3 rings (SSSR count). The summed E-state index contributed by atoms with van der Waals surface area (Å²) in [5.41, 5.74) is 7.07. The van der Waals surface area contributed by atoms with E-state index in [1.807, 2.05) is 0 Å². The van der Waals surface area contributed by atoms with Crippen LogP contribution in [0.2, 0.25) is 0 Å². The molecule has 0 aliphatic carbocycles. The summed E-state index contributed by atoms with van der Waals surface area (Å²) in [5.74, 6) is 0.649. The molecule has 6 nitrogen and oxygen atoms in total. The van der Waals surface area contributed by atoms with E-state index in [0.29, 0.717) is 33.9 Å². The number of nitriles is 1. The third-order valence-electron chi connectivity index (χ3n) is 4.01. The summed E-state index contributed by atoms with van der Waals surface area (Å²) in [4.78, 5) is 12.6. The van der Waals surface area contributed by atoms with Gasteiger partial charge in [0.25, 0.3) is 5.91 Å². The van der Waals surface area contributed by atoms with E-state index in [0.717, 1.165) is 0 Å². The fourth-order valence-electron chi connectivity index (χ4n) is 2.78. The maximum absolute atomic E-state index is 12.6. The van der Waals surface area contributed by atoms with Crippen molar-refractivity contribution in [1.29, 1.82) is 5.26 Å². The van der Waals surface area contributed by atoms with Gasteiger partial charge in [-0.3, -0.25) is 4.79 Å². The second kappa shape index (κ2) is 5.30. The van der Waals surface area contributed by atoms with E-state index >= 15 is 0 Å². The first-order chi connectivity index (χ1) is 11.0. The van der Waals surface area contributed by atoms with Crippen molar-refractivity contribution >= 4 is 11.6 Å². The topological polar surface area (TPSA) is 97.4 Å². The Morgan fingerprint density at radius 3 is 2.57 bits per heavy atom. The zero-order valence-corrected chi connectivity index (χ0v) is 12.7. The van der Waals surface area contributed by atoms with Crippen LogP contribution in [0.15, 0.2) is 36.4 Å². The molecule has 2 aromatic rings. The van der Waals surface area contributed by atoms with Gasteiger partial charge in [-0.1, -0.05) is 0 Å². The lowest BCUT2D eigenvalue weighted by atomic mass is 9.83. The predicted molar refractivity (Wildman–Crippen MR) is 84.3 cm³/mol. The van der Waals surface area contributed by atoms with E-state index in [1.54, 1.807) is 36.4 Å². The Bertz CT molecular complexity index is 841. The Labute approximate surface area is 133 Å². The first kappa shape index (κ1) is 14.9. The summed E-state index contributed by atoms with van der Waals surface area (Å²) in [6.07, 6.45) is 0. The number of amides is 1. The van der Waals surface area contributed by atoms with Gasteiger partial charge in [0.15, 0.2) is 5.54 Å². The molecule has 0 saturated carbocycles. The molecule has 0 spiro atoms. The molecule has 1 heterocycles. The van der Waals surface area contributed by atoms with E-state index in [1.165, 1.54) is 14.2 Å². The van der Waals surface area contributed by atoms with Crippen molar-refractivity contribution in [2.24, 2.45) is 5.73 Å². The highest BCUT2D eigenvalue weighted by Crippen LogP contribution is 2.43. The van der Waals surface area contributed by atoms with Crippen LogP contribution in [-0.4, -0.2) is 20.1 Å². The number of carbonyl (C=O) groups excluding carboxylic acids is 1. The van der Waals surface area contributed by atoms with Gasteiger partial charge in [0.1, 0.15) is 11.5 Å². The molecule has 23 heavy (non-hydrogen) atoms. The Kier molecular flexibility index (Phi) is 3.43. The summed E-state index contributed by atoms with van der Waals surface area (Å²) in [5, 5.41) is 11.9. The first-order valence-corrected chi connectivity index (χ1v) is 6.92. The zero-order valence-electron chi connectivity index (χ0n) is 12.7. The van der Waals surface area contributed by atoms with Crippen molar-refractivity contribution in [2.75, 3.05) is 19.5 Å². The van der Waals surface area contributed by atoms with Crippen LogP contribution in [0, 0.1) is 11.3 Å². The molecule has 6 heteroatoms. The summed E-state index contributed by atoms with van der Waals surface area (Å²) in [7, 11) is 3.04. The van der Waals surface area contributed by atoms with Crippen molar-refractivity contribution in [3.63, 3.8) is 0 Å². The number of hydrogen-bond acceptors (Lipinski definition) is 5. The average molecular weight is 309 g/mol. The lowest BCUT2D eigenvalue weighted by Gasteiger charge is -2.25. The van der Waals surface area contributed by atoms with Gasteiger partial charge in [0, 0.05) is 16.8 Å². The Hall–Kier alpha value is -3.04. The quantitative estimate of drug-likeness (QED) is 0.900. The number of methoxy groups -OCH3 is 2. The molecule has 1 aliphatic rings. The van der Waals surface area contributed by atoms with Gasteiger partial charge in [0.2, 0.25) is 0 Å². The second-order valence-corrected chi connectivity index (χ2v) is 5.20. The van der Waals surface area contributed by atoms with Gasteiger partial charge < -0.3 is 20.5 Å². The number of hydrogen-bond donors (Lipinski definition) is 2. The van der Waals surface area contributed by atoms with Crippen molar-refractivity contribution in [3.8, 4) is 17.6 Å². The number of nitrogens with zero attached hydrogens (tertiary/aromatic N) is 1. The number of rotatable bonds is 3. The summed E-state index contributed by atoms with van der Waals surface area (Å²) in [6.45, 7) is 0. The fraction of sp³-hybridized carbons (Fsp3) is 0.176. The highest BCUT2D eigenvalue weighted by molar-refractivity contribution is 6.08. The van der Waals surface area contributed by atoms with Crippen molar-refractivity contribution in [2.45, 2.75) is 5.54 Å². The first-order valence-electron chi connectivity index (χ1n) is 6.92. The number of benzene rings is 2. The molecular weight excluding hydrogens is 294 g/mol. The largest absolute Gasteiger partial charge is 0.497 e. The van der Waals surface area contributed by atoms with Gasteiger partial charge >= 0.3 is 0 Å². The molecule has 1 atom stereocenters. The molecule has 0 unspecified atom stereocenters. The number of nitrogens with one attached hydrogen (secondary N) is 1. The predicted octanol–water partition coefficient (Wildman–Crippen LogP) is 1.73. The van der Waals surface area contributed by atoms with Gasteiger partial charge in [-0.15, -0.1) is 0 Å². The van der Waals surface area contributed by atoms with Crippen LogP contribution < -0.4 is 20.5 Å². The maximum Gasteiger partial charge on any atom is 0.253 e. The highest BCUT2D eigenvalue weighted by Gasteiger charge is 2.47. The van der Waals surface area contributed by atoms with E-state index in [9.17, 15) is 4.79 Å². The smallest absolute Gasteiger partial charge is 0.253 e. The molecule has 0 radical (unpaired) electrons. The van der Waals surface area contributed by atoms with Gasteiger partial charge in [-0.2, -0.15) is 5.26 Å². The Morgan fingerprint density at radius 2 is 1.91 bits per heavy atom. The third kappa shape index (κ3) is 2.10. The van der Waals surface area contributed by atoms with E-state index < -0.39 is 5.54 Å². The number of anilines is 1. The molecule has 1 aliphatic heterocycles. The molecule has 0 fully saturated rings. The molecule has 0 aromatic heterocycles. The molecule has 2 aromatic carbocycles. The Morgan fingerprint density at radius 1 is 1.13 bits per heavy atom. The normalized spacial score (nSPS) is 18.8. The molecular formula is C17H15N3O3. The zero-order chi connectivity index (χ0) is 16.6. The molecule has 3 N–H and O–H groups in total. The molecule has 116 valence electrons. The minimum Gasteiger partial charge on any atom is -0.497 e. The van der Waals surface area contributed by atoms with Gasteiger partial charge in [0.05, 0.1) is 25.9 Å².